The zero-order valence-corrected chi connectivity index (χ0v) is 9.65. The van der Waals surface area contributed by atoms with Gasteiger partial charge >= 0.3 is 6.09 Å². The Balaban J connectivity index is 2.82. The molecule has 0 spiro atoms. The van der Waals surface area contributed by atoms with E-state index in [1.807, 2.05) is 20.8 Å². The summed E-state index contributed by atoms with van der Waals surface area (Å²) in [5.74, 6) is 0.0791. The van der Waals surface area contributed by atoms with Gasteiger partial charge in [-0.05, 0) is 13.8 Å². The van der Waals surface area contributed by atoms with Crippen LogP contribution in [0.2, 0.25) is 0 Å². The molecule has 0 aromatic heterocycles. The average molecular weight is 217 g/mol. The van der Waals surface area contributed by atoms with Crippen LogP contribution in [-0.2, 0) is 14.2 Å². The molecule has 0 aromatic carbocycles. The molecule has 5 nitrogen and oxygen atoms in total. The quantitative estimate of drug-likeness (QED) is 0.746. The van der Waals surface area contributed by atoms with E-state index in [0.717, 1.165) is 0 Å². The van der Waals surface area contributed by atoms with Gasteiger partial charge in [-0.3, -0.25) is 0 Å². The first-order valence-corrected chi connectivity index (χ1v) is 5.01. The minimum Gasteiger partial charge on any atom is -0.443 e. The standard InChI is InChI=1S/C10H19NO4/c1-6-5-14-10(2,3)8(13-4)7(6)15-9(11)12/h6-8H,5H2,1-4H3,(H2,11,12). The van der Waals surface area contributed by atoms with Crippen LogP contribution in [0.25, 0.3) is 0 Å². The van der Waals surface area contributed by atoms with Crippen molar-refractivity contribution < 1.29 is 19.0 Å². The summed E-state index contributed by atoms with van der Waals surface area (Å²) in [4.78, 5) is 10.8. The summed E-state index contributed by atoms with van der Waals surface area (Å²) in [6.07, 6.45) is -1.42. The number of amides is 1. The molecular formula is C10H19NO4. The lowest BCUT2D eigenvalue weighted by Gasteiger charge is -2.44. The number of primary amides is 1. The van der Waals surface area contributed by atoms with Crippen molar-refractivity contribution in [1.82, 2.24) is 0 Å². The van der Waals surface area contributed by atoms with E-state index in [-0.39, 0.29) is 18.1 Å². The maximum absolute atomic E-state index is 10.8. The zero-order valence-electron chi connectivity index (χ0n) is 9.65. The lowest BCUT2D eigenvalue weighted by atomic mass is 9.86. The molecule has 1 aliphatic rings. The van der Waals surface area contributed by atoms with Gasteiger partial charge in [-0.25, -0.2) is 4.79 Å². The molecule has 3 unspecified atom stereocenters. The Hall–Kier alpha value is -0.810. The summed E-state index contributed by atoms with van der Waals surface area (Å²) < 4.78 is 16.0. The summed E-state index contributed by atoms with van der Waals surface area (Å²) >= 11 is 0. The maximum Gasteiger partial charge on any atom is 0.404 e. The van der Waals surface area contributed by atoms with Crippen LogP contribution in [0.15, 0.2) is 0 Å². The van der Waals surface area contributed by atoms with Gasteiger partial charge in [0, 0.05) is 13.0 Å². The van der Waals surface area contributed by atoms with E-state index < -0.39 is 11.7 Å². The molecule has 15 heavy (non-hydrogen) atoms. The Morgan fingerprint density at radius 2 is 2.13 bits per heavy atom. The van der Waals surface area contributed by atoms with Crippen molar-refractivity contribution in [1.29, 1.82) is 0 Å². The van der Waals surface area contributed by atoms with E-state index in [2.05, 4.69) is 0 Å². The summed E-state index contributed by atoms with van der Waals surface area (Å²) in [5.41, 5.74) is 4.56. The van der Waals surface area contributed by atoms with Crippen LogP contribution in [0.5, 0.6) is 0 Å². The Morgan fingerprint density at radius 3 is 2.60 bits per heavy atom. The molecule has 3 atom stereocenters. The van der Waals surface area contributed by atoms with Gasteiger partial charge in [0.25, 0.3) is 0 Å². The van der Waals surface area contributed by atoms with Crippen LogP contribution >= 0.6 is 0 Å². The number of hydrogen-bond donors (Lipinski definition) is 1. The third-order valence-electron chi connectivity index (χ3n) is 2.77. The topological polar surface area (TPSA) is 70.8 Å². The molecule has 0 bridgehead atoms. The van der Waals surface area contributed by atoms with Crippen LogP contribution in [0.3, 0.4) is 0 Å². The van der Waals surface area contributed by atoms with Gasteiger partial charge < -0.3 is 19.9 Å². The highest BCUT2D eigenvalue weighted by molar-refractivity contribution is 5.64. The first-order chi connectivity index (χ1) is 6.88. The third kappa shape index (κ3) is 2.60. The first kappa shape index (κ1) is 12.3. The van der Waals surface area contributed by atoms with Gasteiger partial charge in [0.05, 0.1) is 12.2 Å². The molecule has 5 heteroatoms. The largest absolute Gasteiger partial charge is 0.443 e. The fourth-order valence-corrected chi connectivity index (χ4v) is 1.95. The van der Waals surface area contributed by atoms with Crippen LogP contribution in [0.4, 0.5) is 4.79 Å². The van der Waals surface area contributed by atoms with E-state index in [1.165, 1.54) is 0 Å². The molecule has 1 saturated heterocycles. The van der Waals surface area contributed by atoms with E-state index in [9.17, 15) is 4.79 Å². The summed E-state index contributed by atoms with van der Waals surface area (Å²) in [6, 6.07) is 0. The molecule has 88 valence electrons. The summed E-state index contributed by atoms with van der Waals surface area (Å²) in [7, 11) is 1.57. The highest BCUT2D eigenvalue weighted by Crippen LogP contribution is 2.32. The molecule has 1 rings (SSSR count). The molecule has 0 saturated carbocycles. The normalized spacial score (nSPS) is 34.8. The van der Waals surface area contributed by atoms with Gasteiger partial charge in [0.1, 0.15) is 12.2 Å². The number of carbonyl (C=O) groups excluding carboxylic acids is 1. The molecule has 0 aromatic rings. The fourth-order valence-electron chi connectivity index (χ4n) is 1.95. The molecule has 0 aliphatic carbocycles. The number of hydrogen-bond acceptors (Lipinski definition) is 4. The maximum atomic E-state index is 10.8. The molecule has 1 amide bonds. The Bertz CT molecular complexity index is 242. The van der Waals surface area contributed by atoms with Crippen molar-refractivity contribution in [2.24, 2.45) is 11.7 Å². The number of nitrogens with two attached hydrogens (primary N) is 1. The number of carbonyl (C=O) groups is 1. The van der Waals surface area contributed by atoms with Crippen molar-refractivity contribution in [2.45, 2.75) is 38.6 Å². The highest BCUT2D eigenvalue weighted by atomic mass is 16.6. The second kappa shape index (κ2) is 4.37. The average Bonchev–Trinajstić information content (AvgIpc) is 2.11. The van der Waals surface area contributed by atoms with E-state index >= 15 is 0 Å². The smallest absolute Gasteiger partial charge is 0.404 e. The van der Waals surface area contributed by atoms with E-state index in [0.29, 0.717) is 6.61 Å². The summed E-state index contributed by atoms with van der Waals surface area (Å²) in [5, 5.41) is 0. The SMILES string of the molecule is COC1C(OC(N)=O)C(C)COC1(C)C. The van der Waals surface area contributed by atoms with Crippen LogP contribution in [0.1, 0.15) is 20.8 Å². The van der Waals surface area contributed by atoms with E-state index in [1.54, 1.807) is 7.11 Å². The molecule has 1 fully saturated rings. The van der Waals surface area contributed by atoms with Gasteiger partial charge in [-0.2, -0.15) is 0 Å². The molecule has 0 radical (unpaired) electrons. The van der Waals surface area contributed by atoms with Crippen molar-refractivity contribution in [2.75, 3.05) is 13.7 Å². The van der Waals surface area contributed by atoms with Crippen LogP contribution < -0.4 is 5.73 Å². The predicted molar refractivity (Wildman–Crippen MR) is 54.4 cm³/mol. The minimum atomic E-state index is -0.772. The number of rotatable bonds is 2. The highest BCUT2D eigenvalue weighted by Gasteiger charge is 2.46. The van der Waals surface area contributed by atoms with E-state index in [4.69, 9.17) is 19.9 Å². The second-order valence-corrected chi connectivity index (χ2v) is 4.45. The van der Waals surface area contributed by atoms with Gasteiger partial charge in [0.2, 0.25) is 0 Å². The van der Waals surface area contributed by atoms with Gasteiger partial charge in [0.15, 0.2) is 0 Å². The summed E-state index contributed by atoms with van der Waals surface area (Å²) in [6.45, 7) is 6.29. The zero-order chi connectivity index (χ0) is 11.6. The Kier molecular flexibility index (Phi) is 3.57. The minimum absolute atomic E-state index is 0.0791. The first-order valence-electron chi connectivity index (χ1n) is 5.01. The van der Waals surface area contributed by atoms with Crippen molar-refractivity contribution in [3.63, 3.8) is 0 Å². The Morgan fingerprint density at radius 1 is 1.53 bits per heavy atom. The number of ether oxygens (including phenoxy) is 3. The monoisotopic (exact) mass is 217 g/mol. The lowest BCUT2D eigenvalue weighted by molar-refractivity contribution is -0.210. The van der Waals surface area contributed by atoms with Crippen molar-refractivity contribution in [3.05, 3.63) is 0 Å². The molecular weight excluding hydrogens is 198 g/mol. The molecule has 2 N–H and O–H groups in total. The van der Waals surface area contributed by atoms with Gasteiger partial charge in [-0.15, -0.1) is 0 Å². The Labute approximate surface area is 89.9 Å². The molecule has 1 heterocycles. The van der Waals surface area contributed by atoms with Crippen LogP contribution in [-0.4, -0.2) is 37.6 Å². The van der Waals surface area contributed by atoms with Crippen molar-refractivity contribution >= 4 is 6.09 Å². The van der Waals surface area contributed by atoms with Crippen molar-refractivity contribution in [3.8, 4) is 0 Å². The molecule has 1 aliphatic heterocycles. The lowest BCUT2D eigenvalue weighted by Crippen LogP contribution is -2.57. The second-order valence-electron chi connectivity index (χ2n) is 4.45. The van der Waals surface area contributed by atoms with Crippen LogP contribution in [0, 0.1) is 5.92 Å². The third-order valence-corrected chi connectivity index (χ3v) is 2.77. The fraction of sp³-hybridized carbons (Fsp3) is 0.900. The van der Waals surface area contributed by atoms with Gasteiger partial charge in [-0.1, -0.05) is 6.92 Å². The number of methoxy groups -OCH3 is 1. The predicted octanol–water partition coefficient (Wildman–Crippen LogP) is 0.910.